The Morgan fingerprint density at radius 1 is 1.32 bits per heavy atom. The molecule has 1 aromatic carbocycles. The van der Waals surface area contributed by atoms with Gasteiger partial charge in [-0.05, 0) is 26.0 Å². The standard InChI is InChI=1S/C16H14N2O4/c1-9-12(10(2)22-18-9)8-21-16(20)14-7-15(19)11-5-3-4-6-13(11)17-14/h3-7H,8H2,1-2H3,(H,17,19). The van der Waals surface area contributed by atoms with E-state index in [2.05, 4.69) is 10.1 Å². The zero-order valence-electron chi connectivity index (χ0n) is 12.2. The van der Waals surface area contributed by atoms with Crippen molar-refractivity contribution in [2.75, 3.05) is 0 Å². The van der Waals surface area contributed by atoms with Crippen molar-refractivity contribution in [2.24, 2.45) is 0 Å². The number of H-pyrrole nitrogens is 1. The minimum absolute atomic E-state index is 0.0505. The number of rotatable bonds is 3. The van der Waals surface area contributed by atoms with E-state index in [0.29, 0.717) is 22.4 Å². The van der Waals surface area contributed by atoms with Crippen LogP contribution < -0.4 is 5.43 Å². The van der Waals surface area contributed by atoms with Gasteiger partial charge in [0.2, 0.25) is 0 Å². The van der Waals surface area contributed by atoms with Crippen LogP contribution in [0.5, 0.6) is 0 Å². The number of hydrogen-bond acceptors (Lipinski definition) is 5. The van der Waals surface area contributed by atoms with Gasteiger partial charge in [-0.3, -0.25) is 4.79 Å². The summed E-state index contributed by atoms with van der Waals surface area (Å²) in [5.41, 5.74) is 1.90. The van der Waals surface area contributed by atoms with E-state index in [1.54, 1.807) is 38.1 Å². The van der Waals surface area contributed by atoms with Gasteiger partial charge in [0.25, 0.3) is 0 Å². The van der Waals surface area contributed by atoms with E-state index in [4.69, 9.17) is 9.26 Å². The molecule has 2 aromatic heterocycles. The number of aryl methyl sites for hydroxylation is 2. The zero-order valence-corrected chi connectivity index (χ0v) is 12.2. The first kappa shape index (κ1) is 14.1. The number of nitrogens with zero attached hydrogens (tertiary/aromatic N) is 1. The number of hydrogen-bond donors (Lipinski definition) is 1. The average Bonchev–Trinajstić information content (AvgIpc) is 2.83. The lowest BCUT2D eigenvalue weighted by molar-refractivity contribution is 0.0464. The van der Waals surface area contributed by atoms with Crippen LogP contribution in [0.4, 0.5) is 0 Å². The number of esters is 1. The maximum absolute atomic E-state index is 12.1. The summed E-state index contributed by atoms with van der Waals surface area (Å²) in [6.45, 7) is 3.58. The highest BCUT2D eigenvalue weighted by atomic mass is 16.5. The Hall–Kier alpha value is -2.89. The zero-order chi connectivity index (χ0) is 15.7. The number of nitrogens with one attached hydrogen (secondary N) is 1. The molecule has 0 spiro atoms. The number of benzene rings is 1. The normalized spacial score (nSPS) is 10.8. The number of carbonyl (C=O) groups is 1. The highest BCUT2D eigenvalue weighted by Gasteiger charge is 2.14. The van der Waals surface area contributed by atoms with Crippen molar-refractivity contribution < 1.29 is 14.1 Å². The molecule has 0 amide bonds. The van der Waals surface area contributed by atoms with E-state index < -0.39 is 5.97 Å². The number of pyridine rings is 1. The summed E-state index contributed by atoms with van der Waals surface area (Å²) in [5.74, 6) is 0.0140. The van der Waals surface area contributed by atoms with Crippen LogP contribution in [-0.4, -0.2) is 16.1 Å². The van der Waals surface area contributed by atoms with Crippen LogP contribution >= 0.6 is 0 Å². The molecule has 0 unspecified atom stereocenters. The van der Waals surface area contributed by atoms with Crippen molar-refractivity contribution >= 4 is 16.9 Å². The lowest BCUT2D eigenvalue weighted by atomic mass is 10.2. The fraction of sp³-hybridized carbons (Fsp3) is 0.188. The molecule has 112 valence electrons. The van der Waals surface area contributed by atoms with E-state index >= 15 is 0 Å². The summed E-state index contributed by atoms with van der Waals surface area (Å²) in [6, 6.07) is 8.25. The first-order valence-electron chi connectivity index (χ1n) is 6.77. The molecule has 0 aliphatic carbocycles. The highest BCUT2D eigenvalue weighted by Crippen LogP contribution is 2.14. The van der Waals surface area contributed by atoms with E-state index in [9.17, 15) is 9.59 Å². The van der Waals surface area contributed by atoms with Gasteiger partial charge in [0.1, 0.15) is 18.1 Å². The Morgan fingerprint density at radius 3 is 2.82 bits per heavy atom. The molecule has 22 heavy (non-hydrogen) atoms. The Morgan fingerprint density at radius 2 is 2.09 bits per heavy atom. The third kappa shape index (κ3) is 2.50. The van der Waals surface area contributed by atoms with E-state index in [1.165, 1.54) is 6.07 Å². The number of aromatic amines is 1. The quantitative estimate of drug-likeness (QED) is 0.751. The molecule has 3 rings (SSSR count). The smallest absolute Gasteiger partial charge is 0.355 e. The largest absolute Gasteiger partial charge is 0.456 e. The molecule has 0 aliphatic rings. The van der Waals surface area contributed by atoms with Crippen LogP contribution in [0.1, 0.15) is 27.5 Å². The summed E-state index contributed by atoms with van der Waals surface area (Å²) in [5, 5.41) is 4.33. The van der Waals surface area contributed by atoms with E-state index in [-0.39, 0.29) is 17.7 Å². The summed E-state index contributed by atoms with van der Waals surface area (Å²) in [6.07, 6.45) is 0. The lowest BCUT2D eigenvalue weighted by Gasteiger charge is -2.06. The number of ether oxygens (including phenoxy) is 1. The van der Waals surface area contributed by atoms with Gasteiger partial charge in [-0.2, -0.15) is 0 Å². The van der Waals surface area contributed by atoms with Crippen LogP contribution in [0.3, 0.4) is 0 Å². The molecule has 6 nitrogen and oxygen atoms in total. The van der Waals surface area contributed by atoms with Crippen molar-refractivity contribution in [2.45, 2.75) is 20.5 Å². The lowest BCUT2D eigenvalue weighted by Crippen LogP contribution is -2.13. The molecule has 0 fully saturated rings. The van der Waals surface area contributed by atoms with Gasteiger partial charge in [0.05, 0.1) is 11.3 Å². The highest BCUT2D eigenvalue weighted by molar-refractivity contribution is 5.90. The molecule has 0 atom stereocenters. The predicted octanol–water partition coefficient (Wildman–Crippen LogP) is 2.49. The second-order valence-corrected chi connectivity index (χ2v) is 4.97. The fourth-order valence-corrected chi connectivity index (χ4v) is 2.23. The topological polar surface area (TPSA) is 85.2 Å². The van der Waals surface area contributed by atoms with Crippen molar-refractivity contribution in [1.29, 1.82) is 0 Å². The first-order valence-corrected chi connectivity index (χ1v) is 6.77. The maximum atomic E-state index is 12.1. The van der Waals surface area contributed by atoms with Crippen molar-refractivity contribution in [3.05, 3.63) is 63.3 Å². The summed E-state index contributed by atoms with van der Waals surface area (Å²) in [4.78, 5) is 27.0. The van der Waals surface area contributed by atoms with Gasteiger partial charge >= 0.3 is 5.97 Å². The number of para-hydroxylation sites is 1. The molecule has 0 bridgehead atoms. The molecule has 0 saturated heterocycles. The third-order valence-electron chi connectivity index (χ3n) is 3.49. The fourth-order valence-electron chi connectivity index (χ4n) is 2.23. The van der Waals surface area contributed by atoms with Crippen LogP contribution in [0.2, 0.25) is 0 Å². The maximum Gasteiger partial charge on any atom is 0.355 e. The average molecular weight is 298 g/mol. The molecular weight excluding hydrogens is 284 g/mol. The Balaban J connectivity index is 1.85. The first-order chi connectivity index (χ1) is 10.6. The molecular formula is C16H14N2O4. The van der Waals surface area contributed by atoms with E-state index in [1.807, 2.05) is 0 Å². The van der Waals surface area contributed by atoms with Gasteiger partial charge in [-0.15, -0.1) is 0 Å². The van der Waals surface area contributed by atoms with Gasteiger partial charge in [0, 0.05) is 17.0 Å². The summed E-state index contributed by atoms with van der Waals surface area (Å²) < 4.78 is 10.2. The second kappa shape index (κ2) is 5.48. The van der Waals surface area contributed by atoms with Crippen LogP contribution in [-0.2, 0) is 11.3 Å². The molecule has 0 saturated carbocycles. The van der Waals surface area contributed by atoms with Gasteiger partial charge in [-0.1, -0.05) is 17.3 Å². The van der Waals surface area contributed by atoms with Gasteiger partial charge < -0.3 is 14.2 Å². The summed E-state index contributed by atoms with van der Waals surface area (Å²) in [7, 11) is 0. The van der Waals surface area contributed by atoms with Gasteiger partial charge in [-0.25, -0.2) is 4.79 Å². The molecule has 1 N–H and O–H groups in total. The van der Waals surface area contributed by atoms with Crippen molar-refractivity contribution in [1.82, 2.24) is 10.1 Å². The Kier molecular flexibility index (Phi) is 3.50. The minimum atomic E-state index is -0.595. The van der Waals surface area contributed by atoms with E-state index in [0.717, 1.165) is 5.56 Å². The number of fused-ring (bicyclic) bond motifs is 1. The van der Waals surface area contributed by atoms with Gasteiger partial charge in [0.15, 0.2) is 5.43 Å². The van der Waals surface area contributed by atoms with Crippen molar-refractivity contribution in [3.8, 4) is 0 Å². The SMILES string of the molecule is Cc1noc(C)c1COC(=O)c1cc(=O)c2ccccc2[nH]1. The molecule has 6 heteroatoms. The Bertz CT molecular complexity index is 888. The number of carbonyl (C=O) groups excluding carboxylic acids is 1. The van der Waals surface area contributed by atoms with Crippen LogP contribution in [0, 0.1) is 13.8 Å². The number of aromatic nitrogens is 2. The Labute approximate surface area is 125 Å². The monoisotopic (exact) mass is 298 g/mol. The summed E-state index contributed by atoms with van der Waals surface area (Å²) >= 11 is 0. The molecule has 3 aromatic rings. The van der Waals surface area contributed by atoms with Crippen LogP contribution in [0.25, 0.3) is 10.9 Å². The van der Waals surface area contributed by atoms with Crippen LogP contribution in [0.15, 0.2) is 39.6 Å². The molecule has 2 heterocycles. The molecule has 0 radical (unpaired) electrons. The minimum Gasteiger partial charge on any atom is -0.456 e. The van der Waals surface area contributed by atoms with Crippen molar-refractivity contribution in [3.63, 3.8) is 0 Å². The predicted molar refractivity (Wildman–Crippen MR) is 79.7 cm³/mol. The molecule has 0 aliphatic heterocycles. The second-order valence-electron chi connectivity index (χ2n) is 4.97. The third-order valence-corrected chi connectivity index (χ3v) is 3.49.